The monoisotopic (exact) mass is 448 g/mol. The van der Waals surface area contributed by atoms with E-state index in [0.29, 0.717) is 34.7 Å². The number of thioether (sulfide) groups is 1. The summed E-state index contributed by atoms with van der Waals surface area (Å²) < 4.78 is 18.2. The second-order valence-electron chi connectivity index (χ2n) is 7.16. The number of carbonyl (C=O) groups is 1. The average Bonchev–Trinajstić information content (AvgIpc) is 3.56. The van der Waals surface area contributed by atoms with Gasteiger partial charge >= 0.3 is 0 Å². The van der Waals surface area contributed by atoms with Gasteiger partial charge in [-0.1, -0.05) is 42.1 Å². The summed E-state index contributed by atoms with van der Waals surface area (Å²) in [6.45, 7) is 2.48. The molecule has 1 atom stereocenters. The predicted molar refractivity (Wildman–Crippen MR) is 120 cm³/mol. The standard InChI is InChI=1S/C23H20N4O4S/c1-15(22(28)24-17-9-10-19-20(12-17)31-14-30-19)32-23-26-25-21(16-6-3-2-4-7-16)27(23)13-18-8-5-11-29-18/h2-12,15H,13-14H2,1H3,(H,24,28)/t15-/m0/s1. The van der Waals surface area contributed by atoms with Crippen molar-refractivity contribution in [2.75, 3.05) is 12.1 Å². The molecule has 5 rings (SSSR count). The molecule has 0 bridgehead atoms. The van der Waals surface area contributed by atoms with Crippen molar-refractivity contribution in [1.82, 2.24) is 14.8 Å². The van der Waals surface area contributed by atoms with Gasteiger partial charge in [0.15, 0.2) is 22.5 Å². The van der Waals surface area contributed by atoms with Gasteiger partial charge in [0.2, 0.25) is 12.7 Å². The van der Waals surface area contributed by atoms with Crippen molar-refractivity contribution in [1.29, 1.82) is 0 Å². The summed E-state index contributed by atoms with van der Waals surface area (Å²) in [5.41, 5.74) is 1.59. The fraction of sp³-hybridized carbons (Fsp3) is 0.174. The molecule has 0 radical (unpaired) electrons. The second kappa shape index (κ2) is 8.80. The summed E-state index contributed by atoms with van der Waals surface area (Å²) in [7, 11) is 0. The summed E-state index contributed by atoms with van der Waals surface area (Å²) in [5.74, 6) is 2.63. The lowest BCUT2D eigenvalue weighted by Gasteiger charge is -2.13. The summed E-state index contributed by atoms with van der Waals surface area (Å²) in [6.07, 6.45) is 1.64. The molecule has 2 aromatic carbocycles. The Labute approximate surface area is 188 Å². The first-order valence-electron chi connectivity index (χ1n) is 10.1. The van der Waals surface area contributed by atoms with Gasteiger partial charge in [0, 0.05) is 17.3 Å². The highest BCUT2D eigenvalue weighted by Crippen LogP contribution is 2.35. The Hall–Kier alpha value is -3.72. The van der Waals surface area contributed by atoms with Gasteiger partial charge in [0.25, 0.3) is 0 Å². The molecule has 1 aliphatic heterocycles. The molecule has 0 unspecified atom stereocenters. The zero-order chi connectivity index (χ0) is 21.9. The molecule has 3 heterocycles. The number of anilines is 1. The average molecular weight is 449 g/mol. The number of carbonyl (C=O) groups excluding carboxylic acids is 1. The van der Waals surface area contributed by atoms with Gasteiger partial charge in [-0.15, -0.1) is 10.2 Å². The lowest BCUT2D eigenvalue weighted by Crippen LogP contribution is -2.23. The maximum Gasteiger partial charge on any atom is 0.237 e. The van der Waals surface area contributed by atoms with Crippen molar-refractivity contribution in [3.8, 4) is 22.9 Å². The molecular weight excluding hydrogens is 428 g/mol. The lowest BCUT2D eigenvalue weighted by molar-refractivity contribution is -0.115. The Balaban J connectivity index is 1.35. The van der Waals surface area contributed by atoms with Gasteiger partial charge in [-0.05, 0) is 31.2 Å². The van der Waals surface area contributed by atoms with Crippen LogP contribution in [0.5, 0.6) is 11.5 Å². The van der Waals surface area contributed by atoms with E-state index in [0.717, 1.165) is 11.3 Å². The van der Waals surface area contributed by atoms with E-state index in [1.54, 1.807) is 24.5 Å². The lowest BCUT2D eigenvalue weighted by atomic mass is 10.2. The number of amides is 1. The molecule has 1 amide bonds. The van der Waals surface area contributed by atoms with Crippen LogP contribution in [0.15, 0.2) is 76.5 Å². The van der Waals surface area contributed by atoms with Crippen molar-refractivity contribution in [2.24, 2.45) is 0 Å². The summed E-state index contributed by atoms with van der Waals surface area (Å²) in [5, 5.41) is 11.9. The van der Waals surface area contributed by atoms with E-state index in [1.165, 1.54) is 11.8 Å². The summed E-state index contributed by atoms with van der Waals surface area (Å²) in [4.78, 5) is 12.8. The van der Waals surface area contributed by atoms with Gasteiger partial charge in [-0.2, -0.15) is 0 Å². The Morgan fingerprint density at radius 1 is 1.09 bits per heavy atom. The molecule has 1 N–H and O–H groups in total. The Morgan fingerprint density at radius 2 is 1.94 bits per heavy atom. The molecule has 0 saturated heterocycles. The van der Waals surface area contributed by atoms with E-state index >= 15 is 0 Å². The number of rotatable bonds is 7. The quantitative estimate of drug-likeness (QED) is 0.418. The maximum absolute atomic E-state index is 12.8. The van der Waals surface area contributed by atoms with E-state index in [1.807, 2.05) is 54.0 Å². The number of benzene rings is 2. The maximum atomic E-state index is 12.8. The van der Waals surface area contributed by atoms with E-state index in [-0.39, 0.29) is 12.7 Å². The highest BCUT2D eigenvalue weighted by molar-refractivity contribution is 8.00. The zero-order valence-corrected chi connectivity index (χ0v) is 18.0. The topological polar surface area (TPSA) is 91.4 Å². The predicted octanol–water partition coefficient (Wildman–Crippen LogP) is 4.43. The number of furan rings is 1. The van der Waals surface area contributed by atoms with E-state index in [9.17, 15) is 4.79 Å². The Morgan fingerprint density at radius 3 is 2.75 bits per heavy atom. The molecule has 0 saturated carbocycles. The number of hydrogen-bond acceptors (Lipinski definition) is 7. The number of nitrogens with zero attached hydrogens (tertiary/aromatic N) is 3. The van der Waals surface area contributed by atoms with Gasteiger partial charge in [0.05, 0.1) is 18.1 Å². The first-order valence-corrected chi connectivity index (χ1v) is 10.9. The molecular formula is C23H20N4O4S. The van der Waals surface area contributed by atoms with Gasteiger partial charge in [0.1, 0.15) is 5.76 Å². The van der Waals surface area contributed by atoms with Crippen LogP contribution in [0.1, 0.15) is 12.7 Å². The molecule has 32 heavy (non-hydrogen) atoms. The van der Waals surface area contributed by atoms with Crippen LogP contribution in [0.2, 0.25) is 0 Å². The van der Waals surface area contributed by atoms with Gasteiger partial charge in [-0.25, -0.2) is 0 Å². The van der Waals surface area contributed by atoms with Crippen LogP contribution in [-0.2, 0) is 11.3 Å². The number of hydrogen-bond donors (Lipinski definition) is 1. The van der Waals surface area contributed by atoms with Crippen molar-refractivity contribution in [3.05, 3.63) is 72.7 Å². The molecule has 162 valence electrons. The zero-order valence-electron chi connectivity index (χ0n) is 17.2. The van der Waals surface area contributed by atoms with E-state index in [2.05, 4.69) is 15.5 Å². The number of fused-ring (bicyclic) bond motifs is 1. The minimum atomic E-state index is -0.413. The fourth-order valence-electron chi connectivity index (χ4n) is 3.31. The normalized spacial score (nSPS) is 13.2. The van der Waals surface area contributed by atoms with Crippen molar-refractivity contribution >= 4 is 23.4 Å². The largest absolute Gasteiger partial charge is 0.467 e. The van der Waals surface area contributed by atoms with Crippen LogP contribution in [0.25, 0.3) is 11.4 Å². The fourth-order valence-corrected chi connectivity index (χ4v) is 4.16. The molecule has 0 spiro atoms. The van der Waals surface area contributed by atoms with Crippen molar-refractivity contribution in [3.63, 3.8) is 0 Å². The van der Waals surface area contributed by atoms with Crippen LogP contribution >= 0.6 is 11.8 Å². The van der Waals surface area contributed by atoms with Gasteiger partial charge in [-0.3, -0.25) is 9.36 Å². The minimum absolute atomic E-state index is 0.150. The number of ether oxygens (including phenoxy) is 2. The highest BCUT2D eigenvalue weighted by atomic mass is 32.2. The number of aromatic nitrogens is 3. The van der Waals surface area contributed by atoms with Crippen LogP contribution in [0.4, 0.5) is 5.69 Å². The second-order valence-corrected chi connectivity index (χ2v) is 8.46. The third-order valence-corrected chi connectivity index (χ3v) is 6.01. The van der Waals surface area contributed by atoms with Crippen molar-refractivity contribution < 1.29 is 18.7 Å². The summed E-state index contributed by atoms with van der Waals surface area (Å²) >= 11 is 1.34. The highest BCUT2D eigenvalue weighted by Gasteiger charge is 2.22. The third-order valence-electron chi connectivity index (χ3n) is 4.93. The Bertz CT molecular complexity index is 1220. The molecule has 0 aliphatic carbocycles. The minimum Gasteiger partial charge on any atom is -0.467 e. The summed E-state index contributed by atoms with van der Waals surface area (Å²) in [6, 6.07) is 18.9. The SMILES string of the molecule is C[C@H](Sc1nnc(-c2ccccc2)n1Cc1ccco1)C(=O)Nc1ccc2c(c1)OCO2. The molecule has 1 aliphatic rings. The van der Waals surface area contributed by atoms with Crippen LogP contribution in [0.3, 0.4) is 0 Å². The molecule has 8 nitrogen and oxygen atoms in total. The van der Waals surface area contributed by atoms with Crippen LogP contribution in [0, 0.1) is 0 Å². The van der Waals surface area contributed by atoms with Gasteiger partial charge < -0.3 is 19.2 Å². The molecule has 2 aromatic heterocycles. The van der Waals surface area contributed by atoms with E-state index < -0.39 is 5.25 Å². The first kappa shape index (κ1) is 20.2. The first-order chi connectivity index (χ1) is 15.7. The van der Waals surface area contributed by atoms with E-state index in [4.69, 9.17) is 13.9 Å². The molecule has 4 aromatic rings. The smallest absolute Gasteiger partial charge is 0.237 e. The third kappa shape index (κ3) is 4.19. The molecule has 9 heteroatoms. The van der Waals surface area contributed by atoms with Crippen molar-refractivity contribution in [2.45, 2.75) is 23.9 Å². The Kier molecular flexibility index (Phi) is 5.55. The number of nitrogens with one attached hydrogen (secondary N) is 1. The molecule has 0 fully saturated rings. The van der Waals surface area contributed by atoms with Crippen LogP contribution < -0.4 is 14.8 Å². The van der Waals surface area contributed by atoms with Crippen LogP contribution in [-0.4, -0.2) is 32.7 Å².